The van der Waals surface area contributed by atoms with Crippen molar-refractivity contribution in [3.05, 3.63) is 35.2 Å². The van der Waals surface area contributed by atoms with Crippen LogP contribution in [0, 0.1) is 4.91 Å². The Labute approximate surface area is 83.7 Å². The van der Waals surface area contributed by atoms with Gasteiger partial charge in [-0.15, -0.1) is 4.91 Å². The fourth-order valence-electron chi connectivity index (χ4n) is 1.09. The van der Waals surface area contributed by atoms with Crippen molar-refractivity contribution >= 4 is 5.69 Å². The second-order valence-electron chi connectivity index (χ2n) is 2.93. The van der Waals surface area contributed by atoms with E-state index in [0.717, 1.165) is 26.2 Å². The third-order valence-electron chi connectivity index (χ3n) is 1.82. The van der Waals surface area contributed by atoms with Crippen molar-refractivity contribution in [3.8, 4) is 0 Å². The number of nitrogens with zero attached hydrogens (tertiary/aromatic N) is 1. The van der Waals surface area contributed by atoms with Gasteiger partial charge in [0, 0.05) is 26.2 Å². The van der Waals surface area contributed by atoms with E-state index in [1.54, 1.807) is 24.3 Å². The summed E-state index contributed by atoms with van der Waals surface area (Å²) in [4.78, 5) is 9.76. The molecule has 2 rings (SSSR count). The van der Waals surface area contributed by atoms with Crippen LogP contribution in [0.15, 0.2) is 35.5 Å². The molecule has 1 aromatic rings. The topological polar surface area (TPSA) is 53.5 Å². The molecule has 4 nitrogen and oxygen atoms in total. The van der Waals surface area contributed by atoms with Crippen LogP contribution in [-0.2, 0) is 0 Å². The Balaban J connectivity index is 0.000000146. The molecule has 1 saturated heterocycles. The maximum atomic E-state index is 9.76. The maximum Gasteiger partial charge on any atom is 0.107 e. The number of rotatable bonds is 1. The second-order valence-corrected chi connectivity index (χ2v) is 2.93. The number of nitrogens with one attached hydrogen (secondary N) is 2. The predicted octanol–water partition coefficient (Wildman–Crippen LogP) is 1.26. The van der Waals surface area contributed by atoms with Crippen LogP contribution in [0.4, 0.5) is 5.69 Å². The molecule has 14 heavy (non-hydrogen) atoms. The number of benzene rings is 1. The standard InChI is InChI=1S/C6H5NO.C4H10N2/c8-7-6-4-2-1-3-5-6;1-2-6-4-3-5-1/h1-5H;5-6H,1-4H2. The first-order chi connectivity index (χ1) is 6.93. The van der Waals surface area contributed by atoms with Crippen LogP contribution < -0.4 is 10.6 Å². The zero-order valence-electron chi connectivity index (χ0n) is 8.07. The highest BCUT2D eigenvalue weighted by Gasteiger charge is 1.91. The third kappa shape index (κ3) is 4.69. The number of piperazine rings is 1. The third-order valence-corrected chi connectivity index (χ3v) is 1.82. The average Bonchev–Trinajstić information content (AvgIpc) is 2.33. The van der Waals surface area contributed by atoms with Crippen LogP contribution in [0.2, 0.25) is 0 Å². The average molecular weight is 193 g/mol. The number of hydrogen-bond acceptors (Lipinski definition) is 4. The van der Waals surface area contributed by atoms with Gasteiger partial charge >= 0.3 is 0 Å². The molecule has 0 radical (unpaired) electrons. The fourth-order valence-corrected chi connectivity index (χ4v) is 1.09. The van der Waals surface area contributed by atoms with Gasteiger partial charge in [0.05, 0.1) is 0 Å². The van der Waals surface area contributed by atoms with E-state index in [0.29, 0.717) is 5.69 Å². The van der Waals surface area contributed by atoms with Gasteiger partial charge in [-0.1, -0.05) is 18.2 Å². The number of hydrogen-bond donors (Lipinski definition) is 2. The van der Waals surface area contributed by atoms with Crippen molar-refractivity contribution in [1.82, 2.24) is 10.6 Å². The zero-order valence-corrected chi connectivity index (χ0v) is 8.07. The van der Waals surface area contributed by atoms with E-state index >= 15 is 0 Å². The molecular weight excluding hydrogens is 178 g/mol. The predicted molar refractivity (Wildman–Crippen MR) is 57.6 cm³/mol. The van der Waals surface area contributed by atoms with Crippen molar-refractivity contribution in [1.29, 1.82) is 0 Å². The van der Waals surface area contributed by atoms with Crippen LogP contribution in [0.25, 0.3) is 0 Å². The Bertz CT molecular complexity index is 235. The van der Waals surface area contributed by atoms with Gasteiger partial charge in [-0.2, -0.15) is 0 Å². The fraction of sp³-hybridized carbons (Fsp3) is 0.400. The Hall–Kier alpha value is -1.26. The molecule has 1 aromatic carbocycles. The first-order valence-electron chi connectivity index (χ1n) is 4.73. The minimum Gasteiger partial charge on any atom is -0.314 e. The monoisotopic (exact) mass is 193 g/mol. The minimum atomic E-state index is 0.479. The lowest BCUT2D eigenvalue weighted by atomic mass is 10.3. The van der Waals surface area contributed by atoms with E-state index in [2.05, 4.69) is 15.8 Å². The van der Waals surface area contributed by atoms with Gasteiger partial charge in [0.25, 0.3) is 0 Å². The highest BCUT2D eigenvalue weighted by atomic mass is 16.3. The molecule has 1 fully saturated rings. The molecule has 1 heterocycles. The molecule has 0 aromatic heterocycles. The summed E-state index contributed by atoms with van der Waals surface area (Å²) in [7, 11) is 0. The molecule has 0 saturated carbocycles. The molecule has 4 heteroatoms. The summed E-state index contributed by atoms with van der Waals surface area (Å²) in [6.07, 6.45) is 0. The lowest BCUT2D eigenvalue weighted by Gasteiger charge is -2.11. The number of nitroso groups, excluding NO2 is 1. The van der Waals surface area contributed by atoms with Crippen molar-refractivity contribution < 1.29 is 0 Å². The minimum absolute atomic E-state index is 0.479. The quantitative estimate of drug-likeness (QED) is 0.660. The summed E-state index contributed by atoms with van der Waals surface area (Å²) in [6, 6.07) is 8.71. The van der Waals surface area contributed by atoms with Crippen molar-refractivity contribution in [2.45, 2.75) is 0 Å². The van der Waals surface area contributed by atoms with Crippen LogP contribution in [0.3, 0.4) is 0 Å². The van der Waals surface area contributed by atoms with Crippen molar-refractivity contribution in [3.63, 3.8) is 0 Å². The molecule has 2 N–H and O–H groups in total. The van der Waals surface area contributed by atoms with Gasteiger partial charge in [-0.05, 0) is 17.3 Å². The molecule has 0 atom stereocenters. The smallest absolute Gasteiger partial charge is 0.107 e. The molecule has 1 aliphatic rings. The Morgan fingerprint density at radius 1 is 0.929 bits per heavy atom. The summed E-state index contributed by atoms with van der Waals surface area (Å²) >= 11 is 0. The van der Waals surface area contributed by atoms with Gasteiger partial charge in [0.2, 0.25) is 0 Å². The van der Waals surface area contributed by atoms with Gasteiger partial charge < -0.3 is 10.6 Å². The van der Waals surface area contributed by atoms with E-state index in [1.807, 2.05) is 6.07 Å². The van der Waals surface area contributed by atoms with E-state index < -0.39 is 0 Å². The SMILES string of the molecule is C1CNCCN1.O=Nc1ccccc1. The van der Waals surface area contributed by atoms with E-state index in [4.69, 9.17) is 0 Å². The first kappa shape index (κ1) is 10.8. The Kier molecular flexibility index (Phi) is 5.54. The molecule has 0 bridgehead atoms. The highest BCUT2D eigenvalue weighted by molar-refractivity contribution is 5.34. The molecular formula is C10H15N3O. The van der Waals surface area contributed by atoms with Crippen LogP contribution in [0.1, 0.15) is 0 Å². The highest BCUT2D eigenvalue weighted by Crippen LogP contribution is 2.07. The molecule has 0 unspecified atom stereocenters. The second kappa shape index (κ2) is 7.17. The normalized spacial score (nSPS) is 15.1. The zero-order chi connectivity index (χ0) is 10.1. The lowest BCUT2D eigenvalue weighted by Crippen LogP contribution is -2.39. The largest absolute Gasteiger partial charge is 0.314 e. The molecule has 76 valence electrons. The van der Waals surface area contributed by atoms with Gasteiger partial charge in [-0.25, -0.2) is 0 Å². The van der Waals surface area contributed by atoms with Gasteiger partial charge in [-0.3, -0.25) is 0 Å². The molecule has 0 amide bonds. The Morgan fingerprint density at radius 3 is 1.71 bits per heavy atom. The molecule has 1 aliphatic heterocycles. The van der Waals surface area contributed by atoms with Crippen LogP contribution in [0.5, 0.6) is 0 Å². The summed E-state index contributed by atoms with van der Waals surface area (Å²) in [5.41, 5.74) is 0.479. The van der Waals surface area contributed by atoms with Crippen LogP contribution in [-0.4, -0.2) is 26.2 Å². The maximum absolute atomic E-state index is 9.76. The first-order valence-corrected chi connectivity index (χ1v) is 4.73. The van der Waals surface area contributed by atoms with E-state index in [9.17, 15) is 4.91 Å². The molecule has 0 aliphatic carbocycles. The summed E-state index contributed by atoms with van der Waals surface area (Å²) in [5.74, 6) is 0. The van der Waals surface area contributed by atoms with Crippen molar-refractivity contribution in [2.75, 3.05) is 26.2 Å². The van der Waals surface area contributed by atoms with Gasteiger partial charge in [0.1, 0.15) is 5.69 Å². The van der Waals surface area contributed by atoms with Crippen molar-refractivity contribution in [2.24, 2.45) is 5.18 Å². The molecule has 0 spiro atoms. The summed E-state index contributed by atoms with van der Waals surface area (Å²) < 4.78 is 0. The summed E-state index contributed by atoms with van der Waals surface area (Å²) in [5, 5.41) is 9.16. The van der Waals surface area contributed by atoms with Gasteiger partial charge in [0.15, 0.2) is 0 Å². The Morgan fingerprint density at radius 2 is 1.43 bits per heavy atom. The summed E-state index contributed by atoms with van der Waals surface area (Å²) in [6.45, 7) is 4.56. The van der Waals surface area contributed by atoms with Crippen LogP contribution >= 0.6 is 0 Å². The van der Waals surface area contributed by atoms with E-state index in [-0.39, 0.29) is 0 Å². The lowest BCUT2D eigenvalue weighted by molar-refractivity contribution is 0.534. The van der Waals surface area contributed by atoms with E-state index in [1.165, 1.54) is 0 Å².